The molecule has 0 aliphatic carbocycles. The standard InChI is InChI=1S/C16H18ClNO4S/c1-3-22-15-7-5-4-6-12(15)11-18-23(19,20)13-8-9-16(21-2)14(17)10-13/h4-10,18H,3,11H2,1-2H3. The lowest BCUT2D eigenvalue weighted by Crippen LogP contribution is -2.23. The summed E-state index contributed by atoms with van der Waals surface area (Å²) in [6.07, 6.45) is 0. The van der Waals surface area contributed by atoms with Gasteiger partial charge in [0.15, 0.2) is 0 Å². The van der Waals surface area contributed by atoms with Gasteiger partial charge in [-0.05, 0) is 31.2 Å². The average molecular weight is 356 g/mol. The minimum absolute atomic E-state index is 0.0807. The number of halogens is 1. The molecule has 0 saturated heterocycles. The summed E-state index contributed by atoms with van der Waals surface area (Å²) in [7, 11) is -2.21. The highest BCUT2D eigenvalue weighted by atomic mass is 35.5. The third-order valence-corrected chi connectivity index (χ3v) is 4.85. The van der Waals surface area contributed by atoms with Gasteiger partial charge < -0.3 is 9.47 Å². The third-order valence-electron chi connectivity index (χ3n) is 3.16. The van der Waals surface area contributed by atoms with Crippen LogP contribution < -0.4 is 14.2 Å². The van der Waals surface area contributed by atoms with E-state index in [1.807, 2.05) is 25.1 Å². The fourth-order valence-corrected chi connectivity index (χ4v) is 3.37. The highest BCUT2D eigenvalue weighted by molar-refractivity contribution is 7.89. The first-order valence-corrected chi connectivity index (χ1v) is 8.88. The van der Waals surface area contributed by atoms with Gasteiger partial charge >= 0.3 is 0 Å². The van der Waals surface area contributed by atoms with Crippen LogP contribution >= 0.6 is 11.6 Å². The van der Waals surface area contributed by atoms with Gasteiger partial charge in [-0.3, -0.25) is 0 Å². The fourth-order valence-electron chi connectivity index (χ4n) is 2.02. The molecular formula is C16H18ClNO4S. The molecule has 0 fully saturated rings. The quantitative estimate of drug-likeness (QED) is 0.828. The molecule has 0 aliphatic heterocycles. The van der Waals surface area contributed by atoms with Crippen LogP contribution in [-0.4, -0.2) is 22.1 Å². The van der Waals surface area contributed by atoms with E-state index in [2.05, 4.69) is 4.72 Å². The van der Waals surface area contributed by atoms with Crippen LogP contribution in [0.5, 0.6) is 11.5 Å². The maximum atomic E-state index is 12.4. The second-order valence-electron chi connectivity index (χ2n) is 4.66. The lowest BCUT2D eigenvalue weighted by atomic mass is 10.2. The Hall–Kier alpha value is -1.76. The Morgan fingerprint density at radius 3 is 2.52 bits per heavy atom. The van der Waals surface area contributed by atoms with Gasteiger partial charge in [-0.1, -0.05) is 29.8 Å². The number of hydrogen-bond donors (Lipinski definition) is 1. The van der Waals surface area contributed by atoms with Gasteiger partial charge in [0.25, 0.3) is 0 Å². The minimum Gasteiger partial charge on any atom is -0.495 e. The molecule has 0 radical (unpaired) electrons. The Labute approximate surface area is 141 Å². The van der Waals surface area contributed by atoms with E-state index in [4.69, 9.17) is 21.1 Å². The second-order valence-corrected chi connectivity index (χ2v) is 6.84. The molecule has 0 unspecified atom stereocenters. The lowest BCUT2D eigenvalue weighted by molar-refractivity contribution is 0.336. The molecule has 5 nitrogen and oxygen atoms in total. The number of para-hydroxylation sites is 1. The van der Waals surface area contributed by atoms with Crippen molar-refractivity contribution in [3.05, 3.63) is 53.1 Å². The van der Waals surface area contributed by atoms with Gasteiger partial charge in [-0.15, -0.1) is 0 Å². The Bertz CT molecular complexity index is 777. The van der Waals surface area contributed by atoms with E-state index in [1.54, 1.807) is 6.07 Å². The topological polar surface area (TPSA) is 64.6 Å². The first-order chi connectivity index (χ1) is 11.0. The van der Waals surface area contributed by atoms with Gasteiger partial charge in [0.2, 0.25) is 10.0 Å². The van der Waals surface area contributed by atoms with Gasteiger partial charge in [-0.25, -0.2) is 13.1 Å². The van der Waals surface area contributed by atoms with Crippen molar-refractivity contribution in [3.8, 4) is 11.5 Å². The van der Waals surface area contributed by atoms with Crippen LogP contribution in [0.4, 0.5) is 0 Å². The summed E-state index contributed by atoms with van der Waals surface area (Å²) >= 11 is 5.98. The number of sulfonamides is 1. The van der Waals surface area contributed by atoms with Crippen molar-refractivity contribution in [2.45, 2.75) is 18.4 Å². The van der Waals surface area contributed by atoms with E-state index < -0.39 is 10.0 Å². The third kappa shape index (κ3) is 4.37. The van der Waals surface area contributed by atoms with E-state index in [0.717, 1.165) is 5.56 Å². The summed E-state index contributed by atoms with van der Waals surface area (Å²) < 4.78 is 37.8. The fraction of sp³-hybridized carbons (Fsp3) is 0.250. The summed E-state index contributed by atoms with van der Waals surface area (Å²) in [6.45, 7) is 2.51. The predicted octanol–water partition coefficient (Wildman–Crippen LogP) is 3.23. The Kier molecular flexibility index (Phi) is 5.87. The van der Waals surface area contributed by atoms with Gasteiger partial charge in [-0.2, -0.15) is 0 Å². The first kappa shape index (κ1) is 17.6. The van der Waals surface area contributed by atoms with Crippen molar-refractivity contribution in [2.24, 2.45) is 0 Å². The Balaban J connectivity index is 2.18. The number of hydrogen-bond acceptors (Lipinski definition) is 4. The van der Waals surface area contributed by atoms with Crippen molar-refractivity contribution in [1.29, 1.82) is 0 Å². The maximum absolute atomic E-state index is 12.4. The molecule has 7 heteroatoms. The highest BCUT2D eigenvalue weighted by Gasteiger charge is 2.16. The number of methoxy groups -OCH3 is 1. The van der Waals surface area contributed by atoms with Crippen molar-refractivity contribution < 1.29 is 17.9 Å². The van der Waals surface area contributed by atoms with Gasteiger partial charge in [0.05, 0.1) is 23.6 Å². The summed E-state index contributed by atoms with van der Waals surface area (Å²) in [6, 6.07) is 11.6. The van der Waals surface area contributed by atoms with Crippen LogP contribution in [-0.2, 0) is 16.6 Å². The highest BCUT2D eigenvalue weighted by Crippen LogP contribution is 2.27. The van der Waals surface area contributed by atoms with E-state index in [9.17, 15) is 8.42 Å². The smallest absolute Gasteiger partial charge is 0.240 e. The van der Waals surface area contributed by atoms with Crippen LogP contribution in [0.1, 0.15) is 12.5 Å². The molecule has 23 heavy (non-hydrogen) atoms. The molecule has 0 spiro atoms. The molecule has 0 atom stereocenters. The SMILES string of the molecule is CCOc1ccccc1CNS(=O)(=O)c1ccc(OC)c(Cl)c1. The van der Waals surface area contributed by atoms with Crippen LogP contribution in [0, 0.1) is 0 Å². The summed E-state index contributed by atoms with van der Waals surface area (Å²) in [5.74, 6) is 1.08. The van der Waals surface area contributed by atoms with Gasteiger partial charge in [0, 0.05) is 12.1 Å². The van der Waals surface area contributed by atoms with Crippen LogP contribution in [0.25, 0.3) is 0 Å². The van der Waals surface area contributed by atoms with Crippen molar-refractivity contribution in [1.82, 2.24) is 4.72 Å². The number of rotatable bonds is 7. The summed E-state index contributed by atoms with van der Waals surface area (Å²) in [5.41, 5.74) is 0.762. The minimum atomic E-state index is -3.68. The zero-order valence-electron chi connectivity index (χ0n) is 12.9. The Morgan fingerprint density at radius 1 is 1.13 bits per heavy atom. The summed E-state index contributed by atoms with van der Waals surface area (Å²) in [4.78, 5) is 0.0807. The largest absolute Gasteiger partial charge is 0.495 e. The van der Waals surface area contributed by atoms with E-state index >= 15 is 0 Å². The molecule has 2 rings (SSSR count). The van der Waals surface area contributed by atoms with Crippen LogP contribution in [0.2, 0.25) is 5.02 Å². The number of ether oxygens (including phenoxy) is 2. The maximum Gasteiger partial charge on any atom is 0.240 e. The lowest BCUT2D eigenvalue weighted by Gasteiger charge is -2.12. The monoisotopic (exact) mass is 355 g/mol. The first-order valence-electron chi connectivity index (χ1n) is 7.02. The molecule has 0 bridgehead atoms. The zero-order chi connectivity index (χ0) is 16.9. The molecule has 2 aromatic carbocycles. The Morgan fingerprint density at radius 2 is 1.87 bits per heavy atom. The second kappa shape index (κ2) is 7.68. The molecule has 0 aliphatic rings. The zero-order valence-corrected chi connectivity index (χ0v) is 14.4. The molecule has 0 saturated carbocycles. The molecule has 0 aromatic heterocycles. The number of benzene rings is 2. The molecule has 0 amide bonds. The molecule has 2 aromatic rings. The molecule has 124 valence electrons. The molecule has 0 heterocycles. The normalized spacial score (nSPS) is 11.3. The average Bonchev–Trinajstić information content (AvgIpc) is 2.54. The van der Waals surface area contributed by atoms with Gasteiger partial charge in [0.1, 0.15) is 11.5 Å². The van der Waals surface area contributed by atoms with Crippen molar-refractivity contribution in [2.75, 3.05) is 13.7 Å². The van der Waals surface area contributed by atoms with E-state index in [1.165, 1.54) is 25.3 Å². The van der Waals surface area contributed by atoms with Crippen molar-refractivity contribution in [3.63, 3.8) is 0 Å². The van der Waals surface area contributed by atoms with Crippen LogP contribution in [0.3, 0.4) is 0 Å². The predicted molar refractivity (Wildman–Crippen MR) is 89.6 cm³/mol. The molecular weight excluding hydrogens is 338 g/mol. The summed E-state index contributed by atoms with van der Waals surface area (Å²) in [5, 5.41) is 0.241. The van der Waals surface area contributed by atoms with Crippen LogP contribution in [0.15, 0.2) is 47.4 Å². The number of nitrogens with one attached hydrogen (secondary N) is 1. The van der Waals surface area contributed by atoms with E-state index in [-0.39, 0.29) is 16.5 Å². The van der Waals surface area contributed by atoms with Crippen molar-refractivity contribution >= 4 is 21.6 Å². The van der Waals surface area contributed by atoms with E-state index in [0.29, 0.717) is 18.1 Å². The molecule has 1 N–H and O–H groups in total.